The van der Waals surface area contributed by atoms with Gasteiger partial charge in [-0.2, -0.15) is 0 Å². The van der Waals surface area contributed by atoms with E-state index < -0.39 is 10.0 Å². The van der Waals surface area contributed by atoms with Crippen molar-refractivity contribution in [2.45, 2.75) is 44.4 Å². The van der Waals surface area contributed by atoms with Gasteiger partial charge in [0.2, 0.25) is 5.91 Å². The molecule has 2 aromatic rings. The van der Waals surface area contributed by atoms with Crippen molar-refractivity contribution in [2.75, 3.05) is 15.8 Å². The topological polar surface area (TPSA) is 122 Å². The van der Waals surface area contributed by atoms with Gasteiger partial charge >= 0.3 is 0 Å². The summed E-state index contributed by atoms with van der Waals surface area (Å²) in [7, 11) is -3.89. The van der Waals surface area contributed by atoms with Crippen molar-refractivity contribution in [1.82, 2.24) is 0 Å². The molecule has 0 heterocycles. The van der Waals surface area contributed by atoms with Gasteiger partial charge in [0.25, 0.3) is 10.0 Å². The number of amides is 1. The molecule has 1 amide bonds. The van der Waals surface area contributed by atoms with Crippen LogP contribution in [0, 0.1) is 5.92 Å². The quantitative estimate of drug-likeness (QED) is 0.372. The molecule has 0 aromatic heterocycles. The third kappa shape index (κ3) is 5.63. The Morgan fingerprint density at radius 1 is 1.14 bits per heavy atom. The van der Waals surface area contributed by atoms with E-state index in [1.165, 1.54) is 30.3 Å². The van der Waals surface area contributed by atoms with Crippen LogP contribution in [0.25, 0.3) is 0 Å². The van der Waals surface area contributed by atoms with Crippen molar-refractivity contribution < 1.29 is 18.3 Å². The number of hydrogen-bond acceptors (Lipinski definition) is 5. The predicted octanol–water partition coefficient (Wildman–Crippen LogP) is 3.93. The molecule has 7 nitrogen and oxygen atoms in total. The fraction of sp³-hybridized carbons (Fsp3) is 0.350. The van der Waals surface area contributed by atoms with Crippen LogP contribution in [0.15, 0.2) is 47.4 Å². The fourth-order valence-corrected chi connectivity index (χ4v) is 3.85. The van der Waals surface area contributed by atoms with E-state index in [-0.39, 0.29) is 28.2 Å². The standard InChI is InChI=1S/C20H27N3O4S/c1-3-5-6-14(4-2)20(25)22-16-8-10-17(11-9-16)28(26,27)23-18-12-7-15(21)13-19(18)24/h7-14,23-24H,3-6,21H2,1-2H3,(H,22,25)/t14-/m0/s1. The maximum Gasteiger partial charge on any atom is 0.262 e. The first kappa shape index (κ1) is 21.6. The largest absolute Gasteiger partial charge is 0.506 e. The molecule has 1 atom stereocenters. The summed E-state index contributed by atoms with van der Waals surface area (Å²) in [4.78, 5) is 12.4. The third-order valence-electron chi connectivity index (χ3n) is 4.47. The highest BCUT2D eigenvalue weighted by Crippen LogP contribution is 2.28. The number of phenols is 1. The lowest BCUT2D eigenvalue weighted by molar-refractivity contribution is -0.120. The minimum atomic E-state index is -3.89. The molecular formula is C20H27N3O4S. The number of nitrogen functional groups attached to an aromatic ring is 1. The number of carbonyl (C=O) groups excluding carboxylic acids is 1. The normalized spacial score (nSPS) is 12.4. The molecule has 0 spiro atoms. The van der Waals surface area contributed by atoms with E-state index in [0.29, 0.717) is 11.4 Å². The van der Waals surface area contributed by atoms with Crippen molar-refractivity contribution in [2.24, 2.45) is 5.92 Å². The van der Waals surface area contributed by atoms with E-state index in [9.17, 15) is 18.3 Å². The van der Waals surface area contributed by atoms with E-state index in [2.05, 4.69) is 17.0 Å². The number of nitrogens with one attached hydrogen (secondary N) is 2. The second-order valence-electron chi connectivity index (χ2n) is 6.64. The van der Waals surface area contributed by atoms with Crippen molar-refractivity contribution in [1.29, 1.82) is 0 Å². The monoisotopic (exact) mass is 405 g/mol. The van der Waals surface area contributed by atoms with Crippen LogP contribution in [0.3, 0.4) is 0 Å². The first-order valence-electron chi connectivity index (χ1n) is 9.29. The fourth-order valence-electron chi connectivity index (χ4n) is 2.77. The van der Waals surface area contributed by atoms with Crippen molar-refractivity contribution in [3.05, 3.63) is 42.5 Å². The van der Waals surface area contributed by atoms with E-state index in [0.717, 1.165) is 25.7 Å². The molecule has 0 unspecified atom stereocenters. The van der Waals surface area contributed by atoms with E-state index in [1.54, 1.807) is 12.1 Å². The predicted molar refractivity (Wildman–Crippen MR) is 112 cm³/mol. The maximum absolute atomic E-state index is 12.5. The molecule has 2 rings (SSSR count). The highest BCUT2D eigenvalue weighted by Gasteiger charge is 2.18. The molecule has 0 radical (unpaired) electrons. The highest BCUT2D eigenvalue weighted by molar-refractivity contribution is 7.92. The van der Waals surface area contributed by atoms with Crippen LogP contribution in [0.5, 0.6) is 5.75 Å². The summed E-state index contributed by atoms with van der Waals surface area (Å²) in [5.41, 5.74) is 6.44. The lowest BCUT2D eigenvalue weighted by Gasteiger charge is -2.15. The Labute approximate surface area is 166 Å². The summed E-state index contributed by atoms with van der Waals surface area (Å²) in [6.07, 6.45) is 3.62. The number of hydrogen-bond donors (Lipinski definition) is 4. The van der Waals surface area contributed by atoms with E-state index in [4.69, 9.17) is 5.73 Å². The Balaban J connectivity index is 2.09. The Kier molecular flexibility index (Phi) is 7.28. The summed E-state index contributed by atoms with van der Waals surface area (Å²) >= 11 is 0. The third-order valence-corrected chi connectivity index (χ3v) is 5.85. The Hall–Kier alpha value is -2.74. The minimum absolute atomic E-state index is 0.0137. The van der Waals surface area contributed by atoms with Gasteiger partial charge in [0.1, 0.15) is 5.75 Å². The molecule has 0 saturated carbocycles. The molecule has 0 bridgehead atoms. The smallest absolute Gasteiger partial charge is 0.262 e. The van der Waals surface area contributed by atoms with Crippen LogP contribution >= 0.6 is 0 Å². The summed E-state index contributed by atoms with van der Waals surface area (Å²) in [5.74, 6) is -0.375. The zero-order chi connectivity index (χ0) is 20.7. The number of sulfonamides is 1. The van der Waals surface area contributed by atoms with Gasteiger partial charge in [0, 0.05) is 23.4 Å². The average molecular weight is 406 g/mol. The molecule has 2 aromatic carbocycles. The first-order chi connectivity index (χ1) is 13.3. The summed E-state index contributed by atoms with van der Waals surface area (Å²) < 4.78 is 27.3. The van der Waals surface area contributed by atoms with Crippen LogP contribution in [-0.2, 0) is 14.8 Å². The lowest BCUT2D eigenvalue weighted by atomic mass is 9.98. The van der Waals surface area contributed by atoms with Crippen molar-refractivity contribution in [3.63, 3.8) is 0 Å². The molecule has 0 aliphatic carbocycles. The highest BCUT2D eigenvalue weighted by atomic mass is 32.2. The second-order valence-corrected chi connectivity index (χ2v) is 8.33. The van der Waals surface area contributed by atoms with Crippen LogP contribution in [0.4, 0.5) is 17.1 Å². The van der Waals surface area contributed by atoms with Gasteiger partial charge in [-0.3, -0.25) is 9.52 Å². The second kappa shape index (κ2) is 9.45. The van der Waals surface area contributed by atoms with Gasteiger partial charge < -0.3 is 16.2 Å². The molecule has 0 aliphatic rings. The molecule has 0 aliphatic heterocycles. The maximum atomic E-state index is 12.5. The molecule has 152 valence electrons. The van der Waals surface area contributed by atoms with E-state index in [1.807, 2.05) is 6.92 Å². The van der Waals surface area contributed by atoms with Crippen LogP contribution in [-0.4, -0.2) is 19.4 Å². The first-order valence-corrected chi connectivity index (χ1v) is 10.8. The molecule has 0 fully saturated rings. The SMILES string of the molecule is CCCC[C@H](CC)C(=O)Nc1ccc(S(=O)(=O)Nc2ccc(N)cc2O)cc1. The van der Waals surface area contributed by atoms with Crippen LogP contribution < -0.4 is 15.8 Å². The molecular weight excluding hydrogens is 378 g/mol. The summed E-state index contributed by atoms with van der Waals surface area (Å²) in [5, 5.41) is 12.7. The van der Waals surface area contributed by atoms with Gasteiger partial charge in [0.15, 0.2) is 0 Å². The number of nitrogens with two attached hydrogens (primary N) is 1. The number of unbranched alkanes of at least 4 members (excludes halogenated alkanes) is 1. The Morgan fingerprint density at radius 2 is 1.82 bits per heavy atom. The number of anilines is 3. The number of aromatic hydroxyl groups is 1. The van der Waals surface area contributed by atoms with E-state index >= 15 is 0 Å². The Morgan fingerprint density at radius 3 is 2.39 bits per heavy atom. The van der Waals surface area contributed by atoms with Crippen molar-refractivity contribution >= 4 is 33.0 Å². The van der Waals surface area contributed by atoms with Gasteiger partial charge in [-0.1, -0.05) is 26.7 Å². The number of benzene rings is 2. The lowest BCUT2D eigenvalue weighted by Crippen LogP contribution is -2.22. The average Bonchev–Trinajstić information content (AvgIpc) is 2.65. The van der Waals surface area contributed by atoms with Crippen LogP contribution in [0.1, 0.15) is 39.5 Å². The number of rotatable bonds is 9. The zero-order valence-corrected chi connectivity index (χ0v) is 16.9. The molecule has 0 saturated heterocycles. The number of phenolic OH excluding ortho intramolecular Hbond substituents is 1. The zero-order valence-electron chi connectivity index (χ0n) is 16.1. The molecule has 5 N–H and O–H groups in total. The molecule has 8 heteroatoms. The van der Waals surface area contributed by atoms with Crippen LogP contribution in [0.2, 0.25) is 0 Å². The van der Waals surface area contributed by atoms with Gasteiger partial charge in [-0.25, -0.2) is 8.42 Å². The Bertz CT molecular complexity index is 912. The van der Waals surface area contributed by atoms with Gasteiger partial charge in [0.05, 0.1) is 10.6 Å². The minimum Gasteiger partial charge on any atom is -0.506 e. The van der Waals surface area contributed by atoms with Crippen molar-refractivity contribution in [3.8, 4) is 5.75 Å². The van der Waals surface area contributed by atoms with Gasteiger partial charge in [-0.15, -0.1) is 0 Å². The molecule has 28 heavy (non-hydrogen) atoms. The number of carbonyl (C=O) groups is 1. The summed E-state index contributed by atoms with van der Waals surface area (Å²) in [6, 6.07) is 10.0. The summed E-state index contributed by atoms with van der Waals surface area (Å²) in [6.45, 7) is 4.07. The van der Waals surface area contributed by atoms with Gasteiger partial charge in [-0.05, 0) is 49.2 Å².